The predicted molar refractivity (Wildman–Crippen MR) is 93.2 cm³/mol. The van der Waals surface area contributed by atoms with E-state index in [0.717, 1.165) is 13.1 Å². The molecule has 1 aliphatic rings. The van der Waals surface area contributed by atoms with Gasteiger partial charge in [-0.15, -0.1) is 12.4 Å². The smallest absolute Gasteiger partial charge is 0.227 e. The van der Waals surface area contributed by atoms with Crippen molar-refractivity contribution in [2.45, 2.75) is 20.8 Å². The summed E-state index contributed by atoms with van der Waals surface area (Å²) in [6, 6.07) is 5.36. The maximum atomic E-state index is 12.1. The largest absolute Gasteiger partial charge is 0.492 e. The van der Waals surface area contributed by atoms with Crippen LogP contribution in [0.15, 0.2) is 18.2 Å². The molecule has 1 fully saturated rings. The number of halogens is 2. The summed E-state index contributed by atoms with van der Waals surface area (Å²) < 4.78 is 5.62. The van der Waals surface area contributed by atoms with Gasteiger partial charge in [0.05, 0.1) is 11.6 Å². The molecule has 1 atom stereocenters. The highest BCUT2D eigenvalue weighted by Gasteiger charge is 2.28. The number of hydrogen-bond donors (Lipinski definition) is 2. The quantitative estimate of drug-likeness (QED) is 0.827. The lowest BCUT2D eigenvalue weighted by molar-refractivity contribution is -0.121. The minimum Gasteiger partial charge on any atom is -0.492 e. The summed E-state index contributed by atoms with van der Waals surface area (Å²) in [7, 11) is 0. The number of carbonyl (C=O) groups is 1. The third kappa shape index (κ3) is 5.04. The molecular formula is C16H24Cl2N2O2. The van der Waals surface area contributed by atoms with Gasteiger partial charge in [0.15, 0.2) is 0 Å². The molecule has 4 nitrogen and oxygen atoms in total. The summed E-state index contributed by atoms with van der Waals surface area (Å²) in [5.74, 6) is 1.56. The molecule has 0 aliphatic carbocycles. The van der Waals surface area contributed by atoms with Crippen LogP contribution in [-0.2, 0) is 4.79 Å². The summed E-state index contributed by atoms with van der Waals surface area (Å²) in [6.07, 6.45) is 0. The van der Waals surface area contributed by atoms with E-state index >= 15 is 0 Å². The van der Waals surface area contributed by atoms with Gasteiger partial charge in [-0.2, -0.15) is 0 Å². The lowest BCUT2D eigenvalue weighted by Crippen LogP contribution is -2.48. The van der Waals surface area contributed by atoms with E-state index in [4.69, 9.17) is 16.3 Å². The minimum absolute atomic E-state index is 0. The molecule has 1 heterocycles. The maximum Gasteiger partial charge on any atom is 0.227 e. The molecule has 22 heavy (non-hydrogen) atoms. The van der Waals surface area contributed by atoms with Crippen molar-refractivity contribution in [3.05, 3.63) is 23.2 Å². The molecule has 1 aromatic rings. The number of anilines is 1. The van der Waals surface area contributed by atoms with E-state index < -0.39 is 0 Å². The summed E-state index contributed by atoms with van der Waals surface area (Å²) >= 11 is 6.19. The van der Waals surface area contributed by atoms with Crippen LogP contribution in [0.1, 0.15) is 20.8 Å². The van der Waals surface area contributed by atoms with Crippen molar-refractivity contribution in [1.29, 1.82) is 0 Å². The topological polar surface area (TPSA) is 50.4 Å². The first-order valence-electron chi connectivity index (χ1n) is 7.41. The van der Waals surface area contributed by atoms with Crippen molar-refractivity contribution in [2.75, 3.05) is 25.0 Å². The van der Waals surface area contributed by atoms with E-state index in [1.807, 2.05) is 13.0 Å². The fourth-order valence-electron chi connectivity index (χ4n) is 2.09. The molecule has 0 bridgehead atoms. The number of benzene rings is 1. The van der Waals surface area contributed by atoms with E-state index in [0.29, 0.717) is 34.9 Å². The molecule has 1 aromatic carbocycles. The molecule has 2 N–H and O–H groups in total. The highest BCUT2D eigenvalue weighted by molar-refractivity contribution is 6.32. The van der Waals surface area contributed by atoms with Crippen LogP contribution < -0.4 is 15.4 Å². The zero-order chi connectivity index (χ0) is 15.4. The van der Waals surface area contributed by atoms with Crippen LogP contribution >= 0.6 is 24.0 Å². The molecule has 1 saturated heterocycles. The molecule has 1 amide bonds. The number of hydrogen-bond acceptors (Lipinski definition) is 3. The van der Waals surface area contributed by atoms with Crippen molar-refractivity contribution in [3.63, 3.8) is 0 Å². The normalized spacial score (nSPS) is 15.7. The van der Waals surface area contributed by atoms with Gasteiger partial charge < -0.3 is 15.4 Å². The first-order valence-corrected chi connectivity index (χ1v) is 7.79. The molecule has 1 unspecified atom stereocenters. The molecular weight excluding hydrogens is 323 g/mol. The van der Waals surface area contributed by atoms with Crippen LogP contribution in [0.2, 0.25) is 5.02 Å². The van der Waals surface area contributed by atoms with Gasteiger partial charge in [-0.1, -0.05) is 32.4 Å². The third-order valence-electron chi connectivity index (χ3n) is 3.71. The Morgan fingerprint density at radius 2 is 2.09 bits per heavy atom. The van der Waals surface area contributed by atoms with Crippen LogP contribution in [-0.4, -0.2) is 25.6 Å². The number of ether oxygens (including phenoxy) is 1. The first-order chi connectivity index (χ1) is 9.97. The summed E-state index contributed by atoms with van der Waals surface area (Å²) in [5.41, 5.74) is 0.709. The summed E-state index contributed by atoms with van der Waals surface area (Å²) in [5, 5.41) is 6.62. The van der Waals surface area contributed by atoms with Crippen LogP contribution in [0.25, 0.3) is 0 Å². The monoisotopic (exact) mass is 346 g/mol. The third-order valence-corrected chi connectivity index (χ3v) is 4.00. The predicted octanol–water partition coefficient (Wildman–Crippen LogP) is 3.59. The Hall–Kier alpha value is -0.970. The van der Waals surface area contributed by atoms with Crippen LogP contribution in [0, 0.1) is 17.8 Å². The summed E-state index contributed by atoms with van der Waals surface area (Å²) in [4.78, 5) is 12.1. The fourth-order valence-corrected chi connectivity index (χ4v) is 2.32. The minimum atomic E-state index is 0. The van der Waals surface area contributed by atoms with E-state index in [1.165, 1.54) is 0 Å². The lowest BCUT2D eigenvalue weighted by Gasteiger charge is -2.31. The maximum absolute atomic E-state index is 12.1. The number of carbonyl (C=O) groups excluding carboxylic acids is 1. The average molecular weight is 347 g/mol. The van der Waals surface area contributed by atoms with Crippen LogP contribution in [0.3, 0.4) is 0 Å². The molecule has 0 saturated carbocycles. The number of amides is 1. The Balaban J connectivity index is 0.00000242. The van der Waals surface area contributed by atoms with Gasteiger partial charge in [0, 0.05) is 11.6 Å². The van der Waals surface area contributed by atoms with Crippen molar-refractivity contribution in [2.24, 2.45) is 17.8 Å². The average Bonchev–Trinajstić information content (AvgIpc) is 2.35. The second-order valence-corrected chi connectivity index (χ2v) is 6.45. The second kappa shape index (κ2) is 8.61. The Kier molecular flexibility index (Phi) is 7.46. The Morgan fingerprint density at radius 1 is 1.41 bits per heavy atom. The second-order valence-electron chi connectivity index (χ2n) is 6.05. The van der Waals surface area contributed by atoms with Gasteiger partial charge in [-0.05, 0) is 43.1 Å². The van der Waals surface area contributed by atoms with E-state index in [-0.39, 0.29) is 24.2 Å². The highest BCUT2D eigenvalue weighted by Crippen LogP contribution is 2.28. The fraction of sp³-hybridized carbons (Fsp3) is 0.562. The molecule has 0 aromatic heterocycles. The molecule has 6 heteroatoms. The van der Waals surface area contributed by atoms with Crippen molar-refractivity contribution in [3.8, 4) is 5.75 Å². The van der Waals surface area contributed by atoms with Gasteiger partial charge in [0.25, 0.3) is 0 Å². The van der Waals surface area contributed by atoms with Gasteiger partial charge in [0.2, 0.25) is 5.91 Å². The SMILES string of the molecule is CC(C)COc1ccc(NC(=O)C(C)C2CNC2)cc1Cl.Cl. The van der Waals surface area contributed by atoms with Crippen molar-refractivity contribution >= 4 is 35.6 Å². The van der Waals surface area contributed by atoms with Crippen molar-refractivity contribution in [1.82, 2.24) is 5.32 Å². The van der Waals surface area contributed by atoms with Gasteiger partial charge >= 0.3 is 0 Å². The molecule has 1 aliphatic heterocycles. The number of nitrogens with one attached hydrogen (secondary N) is 2. The Bertz CT molecular complexity index is 505. The van der Waals surface area contributed by atoms with E-state index in [9.17, 15) is 4.79 Å². The van der Waals surface area contributed by atoms with Crippen LogP contribution in [0.5, 0.6) is 5.75 Å². The standard InChI is InChI=1S/C16H23ClN2O2.ClH/c1-10(2)9-21-15-5-4-13(6-14(15)17)19-16(20)11(3)12-7-18-8-12;/h4-6,10-12,18H,7-9H2,1-3H3,(H,19,20);1H. The zero-order valence-electron chi connectivity index (χ0n) is 13.2. The first kappa shape index (κ1) is 19.1. The van der Waals surface area contributed by atoms with Gasteiger partial charge in [-0.3, -0.25) is 4.79 Å². The van der Waals surface area contributed by atoms with E-state index in [1.54, 1.807) is 12.1 Å². The lowest BCUT2D eigenvalue weighted by atomic mass is 9.88. The molecule has 0 spiro atoms. The number of rotatable bonds is 6. The van der Waals surface area contributed by atoms with Gasteiger partial charge in [-0.25, -0.2) is 0 Å². The Morgan fingerprint density at radius 3 is 2.59 bits per heavy atom. The summed E-state index contributed by atoms with van der Waals surface area (Å²) in [6.45, 7) is 8.58. The van der Waals surface area contributed by atoms with Crippen molar-refractivity contribution < 1.29 is 9.53 Å². The highest BCUT2D eigenvalue weighted by atomic mass is 35.5. The Labute approximate surface area is 143 Å². The van der Waals surface area contributed by atoms with Gasteiger partial charge in [0.1, 0.15) is 5.75 Å². The van der Waals surface area contributed by atoms with Crippen LogP contribution in [0.4, 0.5) is 5.69 Å². The zero-order valence-corrected chi connectivity index (χ0v) is 14.8. The molecule has 2 rings (SSSR count). The molecule has 0 radical (unpaired) electrons. The van der Waals surface area contributed by atoms with E-state index in [2.05, 4.69) is 24.5 Å². The molecule has 124 valence electrons.